The predicted molar refractivity (Wildman–Crippen MR) is 140 cm³/mol. The number of amides is 2. The van der Waals surface area contributed by atoms with Crippen LogP contribution in [0.2, 0.25) is 15.1 Å². The number of carbonyl (C=O) groups is 3. The van der Waals surface area contributed by atoms with E-state index in [-0.39, 0.29) is 37.0 Å². The Bertz CT molecular complexity index is 1480. The molecule has 0 bridgehead atoms. The van der Waals surface area contributed by atoms with Crippen LogP contribution in [0, 0.1) is 13.8 Å². The Morgan fingerprint density at radius 2 is 1.77 bits per heavy atom. The van der Waals surface area contributed by atoms with Gasteiger partial charge in [-0.15, -0.1) is 0 Å². The van der Waals surface area contributed by atoms with Crippen molar-refractivity contribution in [2.45, 2.75) is 13.8 Å². The lowest BCUT2D eigenvalue weighted by molar-refractivity contribution is -0.122. The number of carboxylic acid groups (broad SMARTS) is 1. The van der Waals surface area contributed by atoms with Gasteiger partial charge in [-0.3, -0.25) is 19.8 Å². The molecule has 11 heteroatoms. The number of benzene rings is 2. The summed E-state index contributed by atoms with van der Waals surface area (Å²) in [4.78, 5) is 38.7. The standard InChI is InChI=1S/C24H16Cl3N3O4S/c1-11-8-13(12(2)29(11)14-6-7-17(25)15(10-14)23(33)34)9-16-21(31)28-24(35)30(22(16)32)19-5-3-4-18(26)20(19)27/h3-10H,1-2H3,(H,33,34)(H,28,31,35)/b16-9+. The fraction of sp³-hybridized carbons (Fsp3) is 0.0833. The molecule has 2 N–H and O–H groups in total. The summed E-state index contributed by atoms with van der Waals surface area (Å²) in [6.07, 6.45) is 1.46. The molecule has 0 radical (unpaired) electrons. The minimum atomic E-state index is -1.15. The first-order valence-corrected chi connectivity index (χ1v) is 11.6. The van der Waals surface area contributed by atoms with Crippen LogP contribution in [-0.2, 0) is 9.59 Å². The molecule has 1 aromatic heterocycles. The molecule has 2 heterocycles. The second-order valence-corrected chi connectivity index (χ2v) is 9.24. The van der Waals surface area contributed by atoms with Crippen LogP contribution in [0.3, 0.4) is 0 Å². The molecular weight excluding hydrogens is 533 g/mol. The number of nitrogens with one attached hydrogen (secondary N) is 1. The second kappa shape index (κ2) is 9.47. The van der Waals surface area contributed by atoms with Crippen LogP contribution in [0.4, 0.5) is 5.69 Å². The molecule has 0 atom stereocenters. The molecular formula is C24H16Cl3N3O4S. The van der Waals surface area contributed by atoms with Crippen LogP contribution in [0.1, 0.15) is 27.3 Å². The highest BCUT2D eigenvalue weighted by molar-refractivity contribution is 7.80. The van der Waals surface area contributed by atoms with Gasteiger partial charge in [0.1, 0.15) is 5.57 Å². The number of hydrogen-bond acceptors (Lipinski definition) is 4. The SMILES string of the molecule is Cc1cc(/C=C2\C(=O)NC(=S)N(c3cccc(Cl)c3Cl)C2=O)c(C)n1-c1ccc(Cl)c(C(=O)O)c1. The van der Waals surface area contributed by atoms with E-state index in [2.05, 4.69) is 5.32 Å². The quantitative estimate of drug-likeness (QED) is 0.252. The first kappa shape index (κ1) is 24.9. The first-order valence-electron chi connectivity index (χ1n) is 10.1. The van der Waals surface area contributed by atoms with E-state index in [1.807, 2.05) is 6.92 Å². The lowest BCUT2D eigenvalue weighted by atomic mass is 10.1. The third kappa shape index (κ3) is 4.46. The molecule has 0 aliphatic carbocycles. The van der Waals surface area contributed by atoms with Gasteiger partial charge in [0.25, 0.3) is 11.8 Å². The van der Waals surface area contributed by atoms with Gasteiger partial charge < -0.3 is 9.67 Å². The van der Waals surface area contributed by atoms with Gasteiger partial charge in [-0.05, 0) is 74.1 Å². The van der Waals surface area contributed by atoms with Crippen LogP contribution in [-0.4, -0.2) is 32.6 Å². The Morgan fingerprint density at radius 1 is 1.06 bits per heavy atom. The van der Waals surface area contributed by atoms with Crippen molar-refractivity contribution in [1.82, 2.24) is 9.88 Å². The van der Waals surface area contributed by atoms with Crippen molar-refractivity contribution >= 4 is 81.7 Å². The molecule has 0 spiro atoms. The number of halogens is 3. The van der Waals surface area contributed by atoms with Gasteiger partial charge in [0.05, 0.1) is 26.3 Å². The molecule has 1 fully saturated rings. The molecule has 178 valence electrons. The highest BCUT2D eigenvalue weighted by Crippen LogP contribution is 2.35. The number of anilines is 1. The number of aromatic nitrogens is 1. The normalized spacial score (nSPS) is 15.1. The van der Waals surface area contributed by atoms with Crippen molar-refractivity contribution in [3.63, 3.8) is 0 Å². The van der Waals surface area contributed by atoms with E-state index in [9.17, 15) is 19.5 Å². The molecule has 1 aliphatic rings. The molecule has 2 amide bonds. The van der Waals surface area contributed by atoms with Gasteiger partial charge in [0.2, 0.25) is 0 Å². The van der Waals surface area contributed by atoms with Crippen LogP contribution < -0.4 is 10.2 Å². The molecule has 35 heavy (non-hydrogen) atoms. The minimum absolute atomic E-state index is 0.0408. The van der Waals surface area contributed by atoms with Crippen molar-refractivity contribution in [2.24, 2.45) is 0 Å². The zero-order valence-electron chi connectivity index (χ0n) is 18.2. The zero-order valence-corrected chi connectivity index (χ0v) is 21.3. The van der Waals surface area contributed by atoms with Crippen molar-refractivity contribution in [1.29, 1.82) is 0 Å². The third-order valence-corrected chi connectivity index (χ3v) is 6.91. The van der Waals surface area contributed by atoms with E-state index in [0.717, 1.165) is 10.6 Å². The summed E-state index contributed by atoms with van der Waals surface area (Å²) in [7, 11) is 0. The van der Waals surface area contributed by atoms with Crippen molar-refractivity contribution in [3.05, 3.63) is 85.6 Å². The smallest absolute Gasteiger partial charge is 0.337 e. The fourth-order valence-electron chi connectivity index (χ4n) is 3.84. The third-order valence-electron chi connectivity index (χ3n) is 5.48. The minimum Gasteiger partial charge on any atom is -0.478 e. The first-order chi connectivity index (χ1) is 16.5. The number of rotatable bonds is 4. The molecule has 1 saturated heterocycles. The van der Waals surface area contributed by atoms with E-state index in [1.165, 1.54) is 18.2 Å². The number of hydrogen-bond donors (Lipinski definition) is 2. The van der Waals surface area contributed by atoms with Gasteiger partial charge in [0, 0.05) is 17.1 Å². The van der Waals surface area contributed by atoms with Gasteiger partial charge in [-0.2, -0.15) is 0 Å². The number of aryl methyl sites for hydroxylation is 1. The summed E-state index contributed by atoms with van der Waals surface area (Å²) in [5, 5.41) is 12.3. The maximum Gasteiger partial charge on any atom is 0.337 e. The highest BCUT2D eigenvalue weighted by atomic mass is 35.5. The maximum atomic E-state index is 13.4. The molecule has 2 aromatic carbocycles. The molecule has 0 saturated carbocycles. The van der Waals surface area contributed by atoms with Crippen LogP contribution in [0.5, 0.6) is 0 Å². The lowest BCUT2D eigenvalue weighted by Gasteiger charge is -2.29. The Balaban J connectivity index is 1.80. The molecule has 7 nitrogen and oxygen atoms in total. The number of carboxylic acids is 1. The van der Waals surface area contributed by atoms with E-state index >= 15 is 0 Å². The molecule has 4 rings (SSSR count). The largest absolute Gasteiger partial charge is 0.478 e. The summed E-state index contributed by atoms with van der Waals surface area (Å²) in [6.45, 7) is 3.61. The fourth-order valence-corrected chi connectivity index (χ4v) is 4.70. The molecule has 1 aliphatic heterocycles. The number of thiocarbonyl (C=S) groups is 1. The molecule has 3 aromatic rings. The Kier molecular flexibility index (Phi) is 6.75. The monoisotopic (exact) mass is 547 g/mol. The Morgan fingerprint density at radius 3 is 2.46 bits per heavy atom. The van der Waals surface area contributed by atoms with Gasteiger partial charge in [-0.1, -0.05) is 40.9 Å². The summed E-state index contributed by atoms with van der Waals surface area (Å²) < 4.78 is 1.80. The Hall–Kier alpha value is -3.17. The van der Waals surface area contributed by atoms with Gasteiger partial charge >= 0.3 is 5.97 Å². The van der Waals surface area contributed by atoms with Gasteiger partial charge in [0.15, 0.2) is 5.11 Å². The topological polar surface area (TPSA) is 91.6 Å². The summed E-state index contributed by atoms with van der Waals surface area (Å²) in [5.74, 6) is -2.46. The van der Waals surface area contributed by atoms with Gasteiger partial charge in [-0.25, -0.2) is 4.79 Å². The number of carbonyl (C=O) groups excluding carboxylic acids is 2. The predicted octanol–water partition coefficient (Wildman–Crippen LogP) is 5.58. The number of nitrogens with zero attached hydrogens (tertiary/aromatic N) is 2. The van der Waals surface area contributed by atoms with Crippen molar-refractivity contribution < 1.29 is 19.5 Å². The molecule has 0 unspecified atom stereocenters. The summed E-state index contributed by atoms with van der Waals surface area (Å²) in [6, 6.07) is 11.2. The second-order valence-electron chi connectivity index (χ2n) is 7.66. The summed E-state index contributed by atoms with van der Waals surface area (Å²) >= 11 is 23.6. The van der Waals surface area contributed by atoms with Crippen LogP contribution in [0.15, 0.2) is 48.0 Å². The van der Waals surface area contributed by atoms with E-state index < -0.39 is 17.8 Å². The average molecular weight is 549 g/mol. The Labute approximate surface area is 220 Å². The van der Waals surface area contributed by atoms with E-state index in [1.54, 1.807) is 41.8 Å². The van der Waals surface area contributed by atoms with Crippen molar-refractivity contribution in [3.8, 4) is 5.69 Å². The highest BCUT2D eigenvalue weighted by Gasteiger charge is 2.36. The average Bonchev–Trinajstić information content (AvgIpc) is 3.07. The summed E-state index contributed by atoms with van der Waals surface area (Å²) in [5.41, 5.74) is 2.62. The van der Waals surface area contributed by atoms with Crippen LogP contribution in [0.25, 0.3) is 11.8 Å². The zero-order chi connectivity index (χ0) is 25.6. The maximum absolute atomic E-state index is 13.4. The van der Waals surface area contributed by atoms with Crippen molar-refractivity contribution in [2.75, 3.05) is 4.90 Å². The number of aromatic carboxylic acids is 1. The lowest BCUT2D eigenvalue weighted by Crippen LogP contribution is -2.54. The van der Waals surface area contributed by atoms with E-state index in [0.29, 0.717) is 16.9 Å². The van der Waals surface area contributed by atoms with E-state index in [4.69, 9.17) is 47.0 Å². The van der Waals surface area contributed by atoms with Crippen LogP contribution >= 0.6 is 47.0 Å².